The number of hydrogen-bond donors (Lipinski definition) is 0. The van der Waals surface area contributed by atoms with Crippen molar-refractivity contribution >= 4 is 40.5 Å². The van der Waals surface area contributed by atoms with E-state index in [1.54, 1.807) is 23.6 Å². The number of carbonyl (C=O) groups is 1. The van der Waals surface area contributed by atoms with Crippen molar-refractivity contribution in [3.8, 4) is 16.3 Å². The third-order valence-electron chi connectivity index (χ3n) is 3.37. The van der Waals surface area contributed by atoms with Crippen molar-refractivity contribution in [2.45, 2.75) is 13.0 Å². The van der Waals surface area contributed by atoms with Gasteiger partial charge < -0.3 is 14.6 Å². The zero-order valence-corrected chi connectivity index (χ0v) is 15.2. The number of aromatic nitrogens is 1. The number of aliphatic carboxylic acids is 1. The van der Waals surface area contributed by atoms with E-state index in [9.17, 15) is 9.90 Å². The molecule has 0 spiro atoms. The van der Waals surface area contributed by atoms with E-state index in [-0.39, 0.29) is 6.42 Å². The Kier molecular flexibility index (Phi) is 5.58. The molecule has 3 aromatic rings. The van der Waals surface area contributed by atoms with Gasteiger partial charge in [-0.2, -0.15) is 0 Å². The van der Waals surface area contributed by atoms with Crippen LogP contribution in [0.5, 0.6) is 5.75 Å². The first-order valence-corrected chi connectivity index (χ1v) is 8.96. The van der Waals surface area contributed by atoms with Crippen molar-refractivity contribution in [1.82, 2.24) is 4.98 Å². The summed E-state index contributed by atoms with van der Waals surface area (Å²) in [6.45, 7) is 0.355. The molecule has 128 valence electrons. The summed E-state index contributed by atoms with van der Waals surface area (Å²) in [5, 5.41) is 14.2. The molecule has 0 aliphatic carbocycles. The van der Waals surface area contributed by atoms with E-state index in [0.717, 1.165) is 16.1 Å². The van der Waals surface area contributed by atoms with Gasteiger partial charge in [-0.1, -0.05) is 47.5 Å². The molecule has 1 heterocycles. The van der Waals surface area contributed by atoms with Crippen molar-refractivity contribution < 1.29 is 14.6 Å². The van der Waals surface area contributed by atoms with Crippen molar-refractivity contribution in [2.75, 3.05) is 0 Å². The molecule has 0 bridgehead atoms. The Balaban J connectivity index is 1.67. The number of hydrogen-bond acceptors (Lipinski definition) is 5. The molecule has 25 heavy (non-hydrogen) atoms. The topological polar surface area (TPSA) is 62.2 Å². The van der Waals surface area contributed by atoms with Gasteiger partial charge in [0.15, 0.2) is 0 Å². The fraction of sp³-hybridized carbons (Fsp3) is 0.111. The van der Waals surface area contributed by atoms with Gasteiger partial charge in [-0.15, -0.1) is 11.3 Å². The predicted molar refractivity (Wildman–Crippen MR) is 97.1 cm³/mol. The number of rotatable bonds is 6. The Morgan fingerprint density at radius 2 is 1.92 bits per heavy atom. The zero-order chi connectivity index (χ0) is 17.8. The Morgan fingerprint density at radius 3 is 2.64 bits per heavy atom. The molecule has 3 rings (SSSR count). The smallest absolute Gasteiger partial charge is 0.139 e. The number of carboxylic acids is 1. The molecule has 0 saturated heterocycles. The van der Waals surface area contributed by atoms with Gasteiger partial charge in [-0.3, -0.25) is 0 Å². The fourth-order valence-electron chi connectivity index (χ4n) is 2.16. The van der Waals surface area contributed by atoms with Gasteiger partial charge in [-0.25, -0.2) is 4.98 Å². The highest BCUT2D eigenvalue weighted by atomic mass is 35.5. The molecular formula is C18H12Cl2NO3S-. The third kappa shape index (κ3) is 4.72. The van der Waals surface area contributed by atoms with Crippen molar-refractivity contribution in [3.05, 3.63) is 69.1 Å². The summed E-state index contributed by atoms with van der Waals surface area (Å²) in [4.78, 5) is 14.9. The summed E-state index contributed by atoms with van der Waals surface area (Å²) in [7, 11) is 0. The second kappa shape index (κ2) is 7.87. The number of ether oxygens (including phenoxy) is 1. The third-order valence-corrected chi connectivity index (χ3v) is 4.85. The van der Waals surface area contributed by atoms with Gasteiger partial charge in [0.2, 0.25) is 0 Å². The minimum atomic E-state index is -1.14. The largest absolute Gasteiger partial charge is 0.550 e. The summed E-state index contributed by atoms with van der Waals surface area (Å²) in [6.07, 6.45) is -0.178. The monoisotopic (exact) mass is 392 g/mol. The molecule has 0 aliphatic heterocycles. The number of thiazole rings is 1. The van der Waals surface area contributed by atoms with Crippen LogP contribution in [0.2, 0.25) is 10.0 Å². The molecule has 0 unspecified atom stereocenters. The van der Waals surface area contributed by atoms with Crippen LogP contribution >= 0.6 is 34.5 Å². The van der Waals surface area contributed by atoms with Gasteiger partial charge in [0.25, 0.3) is 0 Å². The number of nitrogens with zero attached hydrogens (tertiary/aromatic N) is 1. The van der Waals surface area contributed by atoms with Crippen LogP contribution in [0.4, 0.5) is 0 Å². The highest BCUT2D eigenvalue weighted by Gasteiger charge is 2.07. The molecule has 4 nitrogen and oxygen atoms in total. The first kappa shape index (κ1) is 17.7. The van der Waals surface area contributed by atoms with Crippen molar-refractivity contribution in [3.63, 3.8) is 0 Å². The lowest BCUT2D eigenvalue weighted by Gasteiger charge is -2.09. The molecule has 1 aromatic heterocycles. The first-order chi connectivity index (χ1) is 12.0. The van der Waals surface area contributed by atoms with E-state index in [1.165, 1.54) is 11.3 Å². The summed E-state index contributed by atoms with van der Waals surface area (Å²) in [5.41, 5.74) is 2.38. The zero-order valence-electron chi connectivity index (χ0n) is 12.9. The molecule has 0 N–H and O–H groups in total. The maximum Gasteiger partial charge on any atom is 0.139 e. The average molecular weight is 393 g/mol. The quantitative estimate of drug-likeness (QED) is 0.636. The van der Waals surface area contributed by atoms with Crippen molar-refractivity contribution in [2.24, 2.45) is 0 Å². The van der Waals surface area contributed by atoms with E-state index in [2.05, 4.69) is 4.98 Å². The fourth-order valence-corrected chi connectivity index (χ4v) is 3.32. The minimum Gasteiger partial charge on any atom is -0.550 e. The second-order valence-corrected chi connectivity index (χ2v) is 6.95. The van der Waals surface area contributed by atoms with Crippen LogP contribution in [0.25, 0.3) is 10.6 Å². The van der Waals surface area contributed by atoms with Gasteiger partial charge in [0.05, 0.1) is 10.7 Å². The highest BCUT2D eigenvalue weighted by Crippen LogP contribution is 2.29. The van der Waals surface area contributed by atoms with Gasteiger partial charge >= 0.3 is 0 Å². The molecule has 0 fully saturated rings. The maximum absolute atomic E-state index is 10.6. The van der Waals surface area contributed by atoms with Crippen LogP contribution in [0.1, 0.15) is 11.3 Å². The van der Waals surface area contributed by atoms with Crippen LogP contribution in [0.3, 0.4) is 0 Å². The number of carboxylic acid groups (broad SMARTS) is 1. The summed E-state index contributed by atoms with van der Waals surface area (Å²) in [6, 6.07) is 12.7. The Labute approximate surface area is 158 Å². The minimum absolute atomic E-state index is 0.178. The van der Waals surface area contributed by atoms with Gasteiger partial charge in [0, 0.05) is 34.4 Å². The predicted octanol–water partition coefficient (Wildman–Crippen LogP) is 3.99. The van der Waals surface area contributed by atoms with E-state index in [4.69, 9.17) is 27.9 Å². The summed E-state index contributed by atoms with van der Waals surface area (Å²) < 4.78 is 5.70. The Morgan fingerprint density at radius 1 is 1.16 bits per heavy atom. The van der Waals surface area contributed by atoms with Crippen LogP contribution in [-0.4, -0.2) is 11.0 Å². The molecule has 0 amide bonds. The standard InChI is InChI=1S/C18H13Cl2NO3S/c19-13-5-6-15(20)16(7-13)24-9-11-1-3-12(4-2-11)18-21-14(10-25-18)8-17(22)23/h1-7,10H,8-9H2,(H,22,23)/p-1. The first-order valence-electron chi connectivity index (χ1n) is 7.32. The molecule has 0 saturated carbocycles. The van der Waals surface area contributed by atoms with E-state index in [0.29, 0.717) is 28.1 Å². The van der Waals surface area contributed by atoms with Gasteiger partial charge in [0.1, 0.15) is 17.4 Å². The Bertz CT molecular complexity index is 894. The normalized spacial score (nSPS) is 10.6. The molecule has 0 atom stereocenters. The number of carbonyl (C=O) groups excluding carboxylic acids is 1. The SMILES string of the molecule is O=C([O-])Cc1csc(-c2ccc(COc3cc(Cl)ccc3Cl)cc2)n1. The number of benzene rings is 2. The van der Waals surface area contributed by atoms with Crippen LogP contribution in [0, 0.1) is 0 Å². The lowest BCUT2D eigenvalue weighted by Crippen LogP contribution is -2.24. The molecule has 2 aromatic carbocycles. The van der Waals surface area contributed by atoms with Crippen LogP contribution in [0.15, 0.2) is 47.8 Å². The van der Waals surface area contributed by atoms with E-state index in [1.807, 2.05) is 24.3 Å². The molecule has 0 aliphatic rings. The average Bonchev–Trinajstić information content (AvgIpc) is 3.04. The van der Waals surface area contributed by atoms with E-state index >= 15 is 0 Å². The molecular weight excluding hydrogens is 381 g/mol. The van der Waals surface area contributed by atoms with Crippen molar-refractivity contribution in [1.29, 1.82) is 0 Å². The highest BCUT2D eigenvalue weighted by molar-refractivity contribution is 7.13. The number of halogens is 2. The lowest BCUT2D eigenvalue weighted by atomic mass is 10.1. The molecule has 0 radical (unpaired) electrons. The van der Waals surface area contributed by atoms with E-state index < -0.39 is 5.97 Å². The maximum atomic E-state index is 10.6. The summed E-state index contributed by atoms with van der Waals surface area (Å²) >= 11 is 13.4. The Hall–Kier alpha value is -2.08. The van der Waals surface area contributed by atoms with Gasteiger partial charge in [-0.05, 0) is 17.7 Å². The second-order valence-electron chi connectivity index (χ2n) is 5.25. The summed E-state index contributed by atoms with van der Waals surface area (Å²) in [5.74, 6) is -0.603. The lowest BCUT2D eigenvalue weighted by molar-refractivity contribution is -0.304. The van der Waals surface area contributed by atoms with Crippen LogP contribution in [-0.2, 0) is 17.8 Å². The van der Waals surface area contributed by atoms with Crippen LogP contribution < -0.4 is 9.84 Å². The molecule has 7 heteroatoms.